The number of benzene rings is 1. The van der Waals surface area contributed by atoms with Gasteiger partial charge in [-0.1, -0.05) is 29.8 Å². The molecule has 5 heteroatoms. The lowest BCUT2D eigenvalue weighted by molar-refractivity contribution is 0.0902. The van der Waals surface area contributed by atoms with E-state index in [1.807, 2.05) is 0 Å². The van der Waals surface area contributed by atoms with Crippen LogP contribution in [0, 0.1) is 23.5 Å². The number of carbonyl (C=O) groups is 1. The molecular formula is C15H18BrF2NO. The average Bonchev–Trinajstić information content (AvgIpc) is 2.25. The van der Waals surface area contributed by atoms with Gasteiger partial charge in [-0.05, 0) is 43.2 Å². The Bertz CT molecular complexity index is 488. The molecule has 0 heterocycles. The molecule has 0 aliphatic heterocycles. The molecule has 2 atom stereocenters. The summed E-state index contributed by atoms with van der Waals surface area (Å²) in [5.74, 6) is -1.32. The Morgan fingerprint density at radius 1 is 1.15 bits per heavy atom. The Balaban J connectivity index is 2.12. The minimum atomic E-state index is -0.841. The Morgan fingerprint density at radius 3 is 2.15 bits per heavy atom. The summed E-state index contributed by atoms with van der Waals surface area (Å²) in [5.41, 5.74) is -0.501. The molecule has 1 fully saturated rings. The van der Waals surface area contributed by atoms with E-state index < -0.39 is 23.1 Å². The van der Waals surface area contributed by atoms with Crippen LogP contribution in [0.5, 0.6) is 0 Å². The molecular weight excluding hydrogens is 328 g/mol. The van der Waals surface area contributed by atoms with Crippen LogP contribution >= 0.6 is 15.9 Å². The summed E-state index contributed by atoms with van der Waals surface area (Å²) in [6.07, 6.45) is 2.85. The number of carbonyl (C=O) groups excluding carboxylic acids is 1. The maximum atomic E-state index is 13.7. The van der Waals surface area contributed by atoms with Gasteiger partial charge in [-0.15, -0.1) is 0 Å². The molecule has 110 valence electrons. The van der Waals surface area contributed by atoms with Crippen molar-refractivity contribution in [3.8, 4) is 0 Å². The number of rotatable bonds is 2. The predicted octanol–water partition coefficient (Wildman–Crippen LogP) is 4.28. The Hall–Kier alpha value is -0.970. The SMILES string of the molecule is CC1CC(C)CC(NC(=O)c2c(F)cc(Br)cc2F)C1. The average molecular weight is 346 g/mol. The first kappa shape index (κ1) is 15.4. The van der Waals surface area contributed by atoms with Crippen LogP contribution in [0.3, 0.4) is 0 Å². The van der Waals surface area contributed by atoms with Gasteiger partial charge in [-0.2, -0.15) is 0 Å². The lowest BCUT2D eigenvalue weighted by atomic mass is 9.80. The second-order valence-corrected chi connectivity index (χ2v) is 6.75. The Morgan fingerprint density at radius 2 is 1.65 bits per heavy atom. The highest BCUT2D eigenvalue weighted by molar-refractivity contribution is 9.10. The summed E-state index contributed by atoms with van der Waals surface area (Å²) in [4.78, 5) is 12.1. The molecule has 0 radical (unpaired) electrons. The molecule has 1 N–H and O–H groups in total. The fraction of sp³-hybridized carbons (Fsp3) is 0.533. The van der Waals surface area contributed by atoms with Crippen molar-refractivity contribution in [3.63, 3.8) is 0 Å². The van der Waals surface area contributed by atoms with E-state index in [0.29, 0.717) is 11.8 Å². The molecule has 0 aromatic heterocycles. The largest absolute Gasteiger partial charge is 0.349 e. The molecule has 1 aromatic rings. The number of halogens is 3. The summed E-state index contributed by atoms with van der Waals surface area (Å²) in [6.45, 7) is 4.27. The lowest BCUT2D eigenvalue weighted by Gasteiger charge is -2.32. The zero-order chi connectivity index (χ0) is 14.9. The van der Waals surface area contributed by atoms with Crippen LogP contribution < -0.4 is 5.32 Å². The molecule has 0 bridgehead atoms. The third-order valence-electron chi connectivity index (χ3n) is 3.75. The van der Waals surface area contributed by atoms with Crippen molar-refractivity contribution in [1.82, 2.24) is 5.32 Å². The van der Waals surface area contributed by atoms with E-state index in [2.05, 4.69) is 35.1 Å². The standard InChI is InChI=1S/C15H18BrF2NO/c1-8-3-9(2)5-11(4-8)19-15(20)14-12(17)6-10(16)7-13(14)18/h6-9,11H,3-5H2,1-2H3,(H,19,20). The second-order valence-electron chi connectivity index (χ2n) is 5.83. The Labute approximate surface area is 126 Å². The summed E-state index contributed by atoms with van der Waals surface area (Å²) in [6, 6.07) is 2.19. The predicted molar refractivity (Wildman–Crippen MR) is 77.5 cm³/mol. The van der Waals surface area contributed by atoms with Gasteiger partial charge in [-0.3, -0.25) is 4.79 Å². The van der Waals surface area contributed by atoms with Crippen molar-refractivity contribution in [3.05, 3.63) is 33.8 Å². The third kappa shape index (κ3) is 3.57. The minimum Gasteiger partial charge on any atom is -0.349 e. The number of hydrogen-bond acceptors (Lipinski definition) is 1. The van der Waals surface area contributed by atoms with Gasteiger partial charge in [0.25, 0.3) is 5.91 Å². The van der Waals surface area contributed by atoms with Gasteiger partial charge in [0.2, 0.25) is 0 Å². The van der Waals surface area contributed by atoms with Crippen molar-refractivity contribution in [2.45, 2.75) is 39.2 Å². The fourth-order valence-electron chi connectivity index (χ4n) is 3.08. The summed E-state index contributed by atoms with van der Waals surface area (Å²) in [7, 11) is 0. The highest BCUT2D eigenvalue weighted by Gasteiger charge is 2.27. The number of nitrogens with one attached hydrogen (secondary N) is 1. The summed E-state index contributed by atoms with van der Waals surface area (Å²) >= 11 is 3.00. The molecule has 1 aliphatic carbocycles. The second kappa shape index (κ2) is 6.20. The van der Waals surface area contributed by atoms with Crippen molar-refractivity contribution in [2.24, 2.45) is 11.8 Å². The maximum absolute atomic E-state index is 13.7. The molecule has 2 nitrogen and oxygen atoms in total. The zero-order valence-electron chi connectivity index (χ0n) is 11.6. The molecule has 1 aromatic carbocycles. The van der Waals surface area contributed by atoms with Gasteiger partial charge in [0.1, 0.15) is 17.2 Å². The number of amides is 1. The molecule has 1 saturated carbocycles. The molecule has 0 saturated heterocycles. The van der Waals surface area contributed by atoms with Gasteiger partial charge in [0.15, 0.2) is 0 Å². The van der Waals surface area contributed by atoms with Gasteiger partial charge in [-0.25, -0.2) is 8.78 Å². The van der Waals surface area contributed by atoms with E-state index >= 15 is 0 Å². The monoisotopic (exact) mass is 345 g/mol. The van der Waals surface area contributed by atoms with Crippen LogP contribution in [0.25, 0.3) is 0 Å². The molecule has 1 amide bonds. The molecule has 2 rings (SSSR count). The van der Waals surface area contributed by atoms with Gasteiger partial charge >= 0.3 is 0 Å². The van der Waals surface area contributed by atoms with E-state index in [4.69, 9.17) is 0 Å². The highest BCUT2D eigenvalue weighted by atomic mass is 79.9. The van der Waals surface area contributed by atoms with E-state index in [1.54, 1.807) is 0 Å². The van der Waals surface area contributed by atoms with E-state index in [0.717, 1.165) is 31.4 Å². The minimum absolute atomic E-state index is 0.0105. The van der Waals surface area contributed by atoms with Gasteiger partial charge in [0.05, 0.1) is 0 Å². The van der Waals surface area contributed by atoms with Crippen LogP contribution in [0.4, 0.5) is 8.78 Å². The van der Waals surface area contributed by atoms with Crippen LogP contribution in [-0.2, 0) is 0 Å². The van der Waals surface area contributed by atoms with E-state index in [1.165, 1.54) is 0 Å². The van der Waals surface area contributed by atoms with Gasteiger partial charge in [0, 0.05) is 10.5 Å². The van der Waals surface area contributed by atoms with Crippen molar-refractivity contribution in [1.29, 1.82) is 0 Å². The van der Waals surface area contributed by atoms with Gasteiger partial charge < -0.3 is 5.32 Å². The first-order valence-electron chi connectivity index (χ1n) is 6.82. The van der Waals surface area contributed by atoms with Crippen LogP contribution in [0.2, 0.25) is 0 Å². The van der Waals surface area contributed by atoms with E-state index in [9.17, 15) is 13.6 Å². The van der Waals surface area contributed by atoms with Crippen LogP contribution in [0.1, 0.15) is 43.5 Å². The Kier molecular flexibility index (Phi) is 4.78. The fourth-order valence-corrected chi connectivity index (χ4v) is 3.48. The maximum Gasteiger partial charge on any atom is 0.257 e. The molecule has 20 heavy (non-hydrogen) atoms. The zero-order valence-corrected chi connectivity index (χ0v) is 13.1. The first-order chi connectivity index (χ1) is 9.36. The summed E-state index contributed by atoms with van der Waals surface area (Å²) < 4.78 is 27.8. The smallest absolute Gasteiger partial charge is 0.257 e. The number of hydrogen-bond donors (Lipinski definition) is 1. The van der Waals surface area contributed by atoms with Crippen LogP contribution in [0.15, 0.2) is 16.6 Å². The van der Waals surface area contributed by atoms with Crippen molar-refractivity contribution in [2.75, 3.05) is 0 Å². The van der Waals surface area contributed by atoms with Crippen molar-refractivity contribution >= 4 is 21.8 Å². The van der Waals surface area contributed by atoms with E-state index in [-0.39, 0.29) is 10.5 Å². The molecule has 2 unspecified atom stereocenters. The summed E-state index contributed by atoms with van der Waals surface area (Å²) in [5, 5.41) is 2.76. The lowest BCUT2D eigenvalue weighted by Crippen LogP contribution is -2.40. The third-order valence-corrected chi connectivity index (χ3v) is 4.21. The topological polar surface area (TPSA) is 29.1 Å². The first-order valence-corrected chi connectivity index (χ1v) is 7.61. The normalized spacial score (nSPS) is 26.4. The van der Waals surface area contributed by atoms with Crippen molar-refractivity contribution < 1.29 is 13.6 Å². The molecule has 1 aliphatic rings. The quantitative estimate of drug-likeness (QED) is 0.851. The highest BCUT2D eigenvalue weighted by Crippen LogP contribution is 2.29. The molecule has 0 spiro atoms. The van der Waals surface area contributed by atoms with Crippen LogP contribution in [-0.4, -0.2) is 11.9 Å².